The Morgan fingerprint density at radius 1 is 1.33 bits per heavy atom. The fraction of sp³-hybridized carbons (Fsp3) is 0.600. The minimum Gasteiger partial charge on any atom is -0.370 e. The fourth-order valence-electron chi connectivity index (χ4n) is 2.68. The predicted octanol–water partition coefficient (Wildman–Crippen LogP) is 2.74. The maximum absolute atomic E-state index is 11.7. The third kappa shape index (κ3) is 4.44. The average Bonchev–Trinajstić information content (AvgIpc) is 2.60. The molecule has 0 amide bonds. The Morgan fingerprint density at radius 3 is 2.76 bits per heavy atom. The summed E-state index contributed by atoms with van der Waals surface area (Å²) < 4.78 is 24.4. The lowest BCUT2D eigenvalue weighted by Gasteiger charge is -2.24. The molecule has 0 radical (unpaired) electrons. The van der Waals surface area contributed by atoms with E-state index in [4.69, 9.17) is 0 Å². The zero-order valence-corrected chi connectivity index (χ0v) is 15.0. The zero-order chi connectivity index (χ0) is 15.5. The second-order valence-corrected chi connectivity index (χ2v) is 8.64. The topological polar surface area (TPSA) is 49.4 Å². The summed E-state index contributed by atoms with van der Waals surface area (Å²) in [6, 6.07) is 6.60. The standard InChI is InChI=1S/C15H23BrN2O2S/c1-3-17-12(2)14-6-5-13(11-15(14)16)18-7-4-9-21(19,20)10-8-18/h5-6,11-12,17H,3-4,7-10H2,1-2H3. The quantitative estimate of drug-likeness (QED) is 0.879. The van der Waals surface area contributed by atoms with Gasteiger partial charge in [-0.1, -0.05) is 28.9 Å². The highest BCUT2D eigenvalue weighted by molar-refractivity contribution is 9.10. The highest BCUT2D eigenvalue weighted by Gasteiger charge is 2.20. The summed E-state index contributed by atoms with van der Waals surface area (Å²) in [6.07, 6.45) is 0.704. The summed E-state index contributed by atoms with van der Waals surface area (Å²) >= 11 is 3.64. The second kappa shape index (κ2) is 7.11. The molecule has 1 atom stereocenters. The largest absolute Gasteiger partial charge is 0.370 e. The third-order valence-corrected chi connectivity index (χ3v) is 6.28. The summed E-state index contributed by atoms with van der Waals surface area (Å²) in [5.41, 5.74) is 2.31. The Morgan fingerprint density at radius 2 is 2.10 bits per heavy atom. The van der Waals surface area contributed by atoms with Crippen LogP contribution in [0.2, 0.25) is 0 Å². The lowest BCUT2D eigenvalue weighted by Crippen LogP contribution is -2.27. The number of rotatable bonds is 4. The van der Waals surface area contributed by atoms with Gasteiger partial charge in [0.2, 0.25) is 0 Å². The van der Waals surface area contributed by atoms with Crippen LogP contribution in [0.5, 0.6) is 0 Å². The van der Waals surface area contributed by atoms with Gasteiger partial charge in [0.1, 0.15) is 0 Å². The number of halogens is 1. The summed E-state index contributed by atoms with van der Waals surface area (Å²) in [4.78, 5) is 2.16. The van der Waals surface area contributed by atoms with E-state index in [0.29, 0.717) is 24.8 Å². The molecule has 1 N–H and O–H groups in total. The molecule has 6 heteroatoms. The molecule has 21 heavy (non-hydrogen) atoms. The van der Waals surface area contributed by atoms with E-state index in [-0.39, 0.29) is 5.75 Å². The smallest absolute Gasteiger partial charge is 0.152 e. The van der Waals surface area contributed by atoms with E-state index < -0.39 is 9.84 Å². The van der Waals surface area contributed by atoms with E-state index in [1.807, 2.05) is 0 Å². The average molecular weight is 375 g/mol. The lowest BCUT2D eigenvalue weighted by molar-refractivity contribution is 0.596. The molecule has 2 rings (SSSR count). The van der Waals surface area contributed by atoms with Gasteiger partial charge >= 0.3 is 0 Å². The molecule has 4 nitrogen and oxygen atoms in total. The molecule has 1 aromatic rings. The third-order valence-electron chi connectivity index (χ3n) is 3.88. The van der Waals surface area contributed by atoms with Crippen LogP contribution in [0.15, 0.2) is 22.7 Å². The van der Waals surface area contributed by atoms with Crippen LogP contribution in [0.25, 0.3) is 0 Å². The molecule has 0 aromatic heterocycles. The molecular formula is C15H23BrN2O2S. The van der Waals surface area contributed by atoms with Gasteiger partial charge in [0.25, 0.3) is 0 Å². The number of anilines is 1. The Bertz CT molecular complexity index is 589. The molecule has 0 bridgehead atoms. The van der Waals surface area contributed by atoms with Crippen molar-refractivity contribution in [2.24, 2.45) is 0 Å². The van der Waals surface area contributed by atoms with Crippen LogP contribution in [-0.4, -0.2) is 39.6 Å². The molecule has 1 aliphatic rings. The van der Waals surface area contributed by atoms with Gasteiger partial charge in [0, 0.05) is 29.3 Å². The zero-order valence-electron chi connectivity index (χ0n) is 12.6. The van der Waals surface area contributed by atoms with Gasteiger partial charge < -0.3 is 10.2 Å². The van der Waals surface area contributed by atoms with E-state index in [0.717, 1.165) is 23.2 Å². The molecule has 1 aromatic carbocycles. The van der Waals surface area contributed by atoms with Crippen LogP contribution >= 0.6 is 15.9 Å². The highest BCUT2D eigenvalue weighted by Crippen LogP contribution is 2.29. The molecule has 1 aliphatic heterocycles. The van der Waals surface area contributed by atoms with E-state index in [2.05, 4.69) is 58.2 Å². The Balaban J connectivity index is 2.16. The molecule has 0 saturated carbocycles. The van der Waals surface area contributed by atoms with Crippen LogP contribution in [0, 0.1) is 0 Å². The first kappa shape index (κ1) is 16.8. The summed E-state index contributed by atoms with van der Waals surface area (Å²) in [7, 11) is -2.86. The molecular weight excluding hydrogens is 352 g/mol. The first-order chi connectivity index (χ1) is 9.93. The molecule has 1 heterocycles. The van der Waals surface area contributed by atoms with Crippen molar-refractivity contribution >= 4 is 31.5 Å². The van der Waals surface area contributed by atoms with Crippen molar-refractivity contribution in [3.63, 3.8) is 0 Å². The lowest BCUT2D eigenvalue weighted by atomic mass is 10.1. The van der Waals surface area contributed by atoms with Crippen molar-refractivity contribution in [1.82, 2.24) is 5.32 Å². The maximum Gasteiger partial charge on any atom is 0.152 e. The summed E-state index contributed by atoms with van der Waals surface area (Å²) in [5, 5.41) is 3.40. The number of hydrogen-bond acceptors (Lipinski definition) is 4. The molecule has 1 unspecified atom stereocenters. The monoisotopic (exact) mass is 374 g/mol. The Labute approximate surface area is 136 Å². The van der Waals surface area contributed by atoms with Crippen molar-refractivity contribution in [2.45, 2.75) is 26.3 Å². The van der Waals surface area contributed by atoms with Crippen LogP contribution in [-0.2, 0) is 9.84 Å². The second-order valence-electron chi connectivity index (χ2n) is 5.48. The van der Waals surface area contributed by atoms with E-state index in [9.17, 15) is 8.42 Å². The molecule has 118 valence electrons. The van der Waals surface area contributed by atoms with Gasteiger partial charge in [-0.3, -0.25) is 0 Å². The number of nitrogens with one attached hydrogen (secondary N) is 1. The van der Waals surface area contributed by atoms with Crippen molar-refractivity contribution in [3.05, 3.63) is 28.2 Å². The van der Waals surface area contributed by atoms with Gasteiger partial charge in [-0.2, -0.15) is 0 Å². The van der Waals surface area contributed by atoms with Crippen LogP contribution < -0.4 is 10.2 Å². The predicted molar refractivity (Wildman–Crippen MR) is 91.7 cm³/mol. The first-order valence-corrected chi connectivity index (χ1v) is 10.0. The summed E-state index contributed by atoms with van der Waals surface area (Å²) in [5.74, 6) is 0.556. The molecule has 1 saturated heterocycles. The SMILES string of the molecule is CCNC(C)c1ccc(N2CCCS(=O)(=O)CC2)cc1Br. The van der Waals surface area contributed by atoms with Gasteiger partial charge in [-0.05, 0) is 37.6 Å². The highest BCUT2D eigenvalue weighted by atomic mass is 79.9. The Kier molecular flexibility index (Phi) is 5.68. The normalized spacial score (nSPS) is 20.0. The van der Waals surface area contributed by atoms with Crippen molar-refractivity contribution < 1.29 is 8.42 Å². The van der Waals surface area contributed by atoms with Crippen LogP contribution in [0.3, 0.4) is 0 Å². The fourth-order valence-corrected chi connectivity index (χ4v) is 4.66. The van der Waals surface area contributed by atoms with Gasteiger partial charge in [-0.15, -0.1) is 0 Å². The van der Waals surface area contributed by atoms with Gasteiger partial charge in [0.15, 0.2) is 9.84 Å². The van der Waals surface area contributed by atoms with Crippen LogP contribution in [0.4, 0.5) is 5.69 Å². The van der Waals surface area contributed by atoms with Crippen LogP contribution in [0.1, 0.15) is 31.9 Å². The maximum atomic E-state index is 11.7. The Hall–Kier alpha value is -0.590. The minimum atomic E-state index is -2.86. The molecule has 0 spiro atoms. The van der Waals surface area contributed by atoms with Gasteiger partial charge in [-0.25, -0.2) is 8.42 Å². The minimum absolute atomic E-state index is 0.250. The number of hydrogen-bond donors (Lipinski definition) is 1. The van der Waals surface area contributed by atoms with E-state index in [1.54, 1.807) is 0 Å². The van der Waals surface area contributed by atoms with Crippen molar-refractivity contribution in [2.75, 3.05) is 36.0 Å². The number of nitrogens with zero attached hydrogens (tertiary/aromatic N) is 1. The number of benzene rings is 1. The molecule has 0 aliphatic carbocycles. The van der Waals surface area contributed by atoms with Crippen molar-refractivity contribution in [1.29, 1.82) is 0 Å². The first-order valence-electron chi connectivity index (χ1n) is 7.41. The number of sulfone groups is 1. The molecule has 1 fully saturated rings. The van der Waals surface area contributed by atoms with Gasteiger partial charge in [0.05, 0.1) is 11.5 Å². The summed E-state index contributed by atoms with van der Waals surface area (Å²) in [6.45, 7) is 6.54. The van der Waals surface area contributed by atoms with Crippen molar-refractivity contribution in [3.8, 4) is 0 Å². The van der Waals surface area contributed by atoms with E-state index in [1.165, 1.54) is 5.56 Å². The van der Waals surface area contributed by atoms with E-state index >= 15 is 0 Å².